The quantitative estimate of drug-likeness (QED) is 0.361. The number of allylic oxidation sites excluding steroid dienone is 2. The fraction of sp³-hybridized carbons (Fsp3) is 0.765. The summed E-state index contributed by atoms with van der Waals surface area (Å²) in [7, 11) is 2.83. The molecule has 1 aliphatic rings. The second-order valence-electron chi connectivity index (χ2n) is 6.02. The van der Waals surface area contributed by atoms with E-state index in [-0.39, 0.29) is 11.5 Å². The lowest BCUT2D eigenvalue weighted by atomic mass is 10.0. The molecule has 5 heteroatoms. The van der Waals surface area contributed by atoms with Crippen LogP contribution in [0.2, 0.25) is 0 Å². The van der Waals surface area contributed by atoms with Crippen molar-refractivity contribution in [2.45, 2.75) is 83.8 Å². The molecule has 0 radical (unpaired) electrons. The lowest BCUT2D eigenvalue weighted by molar-refractivity contribution is -0.111. The largest absolute Gasteiger partial charge is 0.402 e. The zero-order chi connectivity index (χ0) is 17.1. The molecule has 22 heavy (non-hydrogen) atoms. The predicted molar refractivity (Wildman–Crippen MR) is 99.4 cm³/mol. The molecule has 0 bridgehead atoms. The zero-order valence-corrected chi connectivity index (χ0v) is 15.6. The predicted octanol–water partition coefficient (Wildman–Crippen LogP) is 3.54. The molecule has 1 aliphatic carbocycles. The van der Waals surface area contributed by atoms with Gasteiger partial charge in [0.1, 0.15) is 5.71 Å². The van der Waals surface area contributed by atoms with Crippen LogP contribution in [-0.2, 0) is 4.79 Å². The molecule has 0 spiro atoms. The molecule has 1 rings (SSSR count). The van der Waals surface area contributed by atoms with Crippen LogP contribution in [0, 0.1) is 5.41 Å². The summed E-state index contributed by atoms with van der Waals surface area (Å²) in [5.41, 5.74) is 13.8. The number of rotatable bonds is 8. The lowest BCUT2D eigenvalue weighted by Crippen LogP contribution is -2.29. The van der Waals surface area contributed by atoms with Gasteiger partial charge in [0.05, 0.1) is 0 Å². The molecule has 3 atom stereocenters. The van der Waals surface area contributed by atoms with Gasteiger partial charge in [-0.1, -0.05) is 33.1 Å². The van der Waals surface area contributed by atoms with Gasteiger partial charge in [0.2, 0.25) is 0 Å². The third-order valence-electron chi connectivity index (χ3n) is 4.08. The highest BCUT2D eigenvalue weighted by molar-refractivity contribution is 7.17. The fourth-order valence-corrected chi connectivity index (χ4v) is 2.60. The highest BCUT2D eigenvalue weighted by Gasteiger charge is 2.18. The average Bonchev–Trinajstić information content (AvgIpc) is 2.92. The Labute approximate surface area is 138 Å². The Morgan fingerprint density at radius 2 is 1.95 bits per heavy atom. The molecule has 0 fully saturated rings. The molecule has 4 nitrogen and oxygen atoms in total. The molecule has 0 aliphatic heterocycles. The van der Waals surface area contributed by atoms with Gasteiger partial charge in [-0.25, -0.2) is 0 Å². The van der Waals surface area contributed by atoms with E-state index < -0.39 is 0 Å². The first kappa shape index (κ1) is 21.3. The van der Waals surface area contributed by atoms with Crippen LogP contribution >= 0.6 is 9.24 Å². The zero-order valence-electron chi connectivity index (χ0n) is 14.5. The molecule has 0 amide bonds. The van der Waals surface area contributed by atoms with Crippen LogP contribution in [0.25, 0.3) is 0 Å². The number of Topliss-reactive ketones (excluding diaryl/α,β-unsaturated/α-hetero) is 1. The SMILES string of the molecule is CC(=O)C(=N)C1=C(N)CCC1.CCCCCC(N)C(P)CC. The molecule has 5 N–H and O–H groups in total. The number of nitrogens with two attached hydrogens (primary N) is 2. The molecule has 0 aromatic heterocycles. The molecule has 0 saturated heterocycles. The second kappa shape index (κ2) is 11.8. The van der Waals surface area contributed by atoms with Crippen molar-refractivity contribution in [2.75, 3.05) is 0 Å². The summed E-state index contributed by atoms with van der Waals surface area (Å²) in [6.45, 7) is 5.82. The summed E-state index contributed by atoms with van der Waals surface area (Å²) in [6.07, 6.45) is 8.90. The highest BCUT2D eigenvalue weighted by atomic mass is 31.0. The van der Waals surface area contributed by atoms with Crippen LogP contribution < -0.4 is 11.5 Å². The highest BCUT2D eigenvalue weighted by Crippen LogP contribution is 2.22. The van der Waals surface area contributed by atoms with Gasteiger partial charge in [0, 0.05) is 18.7 Å². The first-order valence-electron chi connectivity index (χ1n) is 8.43. The summed E-state index contributed by atoms with van der Waals surface area (Å²) in [5.74, 6) is -0.190. The lowest BCUT2D eigenvalue weighted by Gasteiger charge is -2.17. The van der Waals surface area contributed by atoms with Crippen molar-refractivity contribution in [2.24, 2.45) is 11.5 Å². The molecular weight excluding hydrogens is 293 g/mol. The van der Waals surface area contributed by atoms with Gasteiger partial charge in [-0.3, -0.25) is 10.2 Å². The topological polar surface area (TPSA) is 93.0 Å². The Morgan fingerprint density at radius 1 is 1.32 bits per heavy atom. The maximum absolute atomic E-state index is 10.8. The monoisotopic (exact) mass is 327 g/mol. The maximum atomic E-state index is 10.8. The number of carbonyl (C=O) groups excluding carboxylic acids is 1. The Morgan fingerprint density at radius 3 is 2.36 bits per heavy atom. The second-order valence-corrected chi connectivity index (χ2v) is 6.88. The number of ketones is 1. The van der Waals surface area contributed by atoms with E-state index in [0.29, 0.717) is 11.7 Å². The Hall–Kier alpha value is -0.730. The number of hydrogen-bond donors (Lipinski definition) is 3. The number of carbonyl (C=O) groups is 1. The van der Waals surface area contributed by atoms with Crippen molar-refractivity contribution >= 4 is 20.7 Å². The Bertz CT molecular complexity index is 393. The third-order valence-corrected chi connectivity index (χ3v) is 5.04. The minimum Gasteiger partial charge on any atom is -0.402 e. The van der Waals surface area contributed by atoms with Gasteiger partial charge in [-0.2, -0.15) is 0 Å². The van der Waals surface area contributed by atoms with Crippen molar-refractivity contribution in [3.63, 3.8) is 0 Å². The smallest absolute Gasteiger partial charge is 0.177 e. The molecule has 0 saturated carbocycles. The molecule has 0 heterocycles. The van der Waals surface area contributed by atoms with E-state index >= 15 is 0 Å². The Kier molecular flexibility index (Phi) is 11.4. The number of nitrogens with one attached hydrogen (secondary N) is 1. The summed E-state index contributed by atoms with van der Waals surface area (Å²) in [4.78, 5) is 10.8. The average molecular weight is 327 g/mol. The van der Waals surface area contributed by atoms with E-state index in [0.717, 1.165) is 30.5 Å². The maximum Gasteiger partial charge on any atom is 0.177 e. The normalized spacial score (nSPS) is 16.8. The third kappa shape index (κ3) is 8.05. The molecular formula is C17H34N3OP. The fourth-order valence-electron chi connectivity index (χ4n) is 2.41. The first-order chi connectivity index (χ1) is 10.3. The standard InChI is InChI=1S/C9H22NP.C8H12N2O/c1-3-5-6-7-8(10)9(11)4-2;1-5(11)8(10)6-3-2-4-7(6)9/h8-9H,3-7,10-11H2,1-2H3;10H,2-4,9H2,1H3. The van der Waals surface area contributed by atoms with Crippen LogP contribution in [0.5, 0.6) is 0 Å². The van der Waals surface area contributed by atoms with Crippen LogP contribution in [0.1, 0.15) is 72.1 Å². The molecule has 3 unspecified atom stereocenters. The van der Waals surface area contributed by atoms with Gasteiger partial charge in [0.25, 0.3) is 0 Å². The van der Waals surface area contributed by atoms with Crippen LogP contribution in [0.4, 0.5) is 0 Å². The van der Waals surface area contributed by atoms with Crippen molar-refractivity contribution in [1.29, 1.82) is 5.41 Å². The van der Waals surface area contributed by atoms with Gasteiger partial charge in [-0.05, 0) is 43.3 Å². The summed E-state index contributed by atoms with van der Waals surface area (Å²) < 4.78 is 0. The van der Waals surface area contributed by atoms with Crippen molar-refractivity contribution < 1.29 is 4.79 Å². The van der Waals surface area contributed by atoms with Crippen LogP contribution in [0.3, 0.4) is 0 Å². The minimum absolute atomic E-state index is 0.0972. The van der Waals surface area contributed by atoms with Crippen LogP contribution in [0.15, 0.2) is 11.3 Å². The summed E-state index contributed by atoms with van der Waals surface area (Å²) in [5, 5.41) is 7.38. The van der Waals surface area contributed by atoms with Crippen molar-refractivity contribution in [3.8, 4) is 0 Å². The van der Waals surface area contributed by atoms with Crippen molar-refractivity contribution in [1.82, 2.24) is 0 Å². The van der Waals surface area contributed by atoms with E-state index in [1.54, 1.807) is 0 Å². The first-order valence-corrected chi connectivity index (χ1v) is 9.10. The number of unbranched alkanes of at least 4 members (excludes halogenated alkanes) is 2. The van der Waals surface area contributed by atoms with Gasteiger partial charge in [-0.15, -0.1) is 9.24 Å². The molecule has 0 aromatic rings. The van der Waals surface area contributed by atoms with E-state index in [1.807, 2.05) is 0 Å². The van der Waals surface area contributed by atoms with Crippen LogP contribution in [-0.4, -0.2) is 23.2 Å². The number of hydrogen-bond acceptors (Lipinski definition) is 4. The summed E-state index contributed by atoms with van der Waals surface area (Å²) in [6, 6.07) is 0.400. The van der Waals surface area contributed by atoms with Gasteiger partial charge >= 0.3 is 0 Å². The van der Waals surface area contributed by atoms with E-state index in [1.165, 1.54) is 39.0 Å². The minimum atomic E-state index is -0.190. The van der Waals surface area contributed by atoms with E-state index in [9.17, 15) is 4.79 Å². The van der Waals surface area contributed by atoms with E-state index in [4.69, 9.17) is 16.9 Å². The van der Waals surface area contributed by atoms with Crippen molar-refractivity contribution in [3.05, 3.63) is 11.3 Å². The van der Waals surface area contributed by atoms with E-state index in [2.05, 4.69) is 23.1 Å². The Balaban J connectivity index is 0.000000401. The van der Waals surface area contributed by atoms with Gasteiger partial charge < -0.3 is 11.5 Å². The van der Waals surface area contributed by atoms with Gasteiger partial charge in [0.15, 0.2) is 5.78 Å². The summed E-state index contributed by atoms with van der Waals surface area (Å²) >= 11 is 0. The molecule has 128 valence electrons. The molecule has 0 aromatic carbocycles.